The Morgan fingerprint density at radius 1 is 1.33 bits per heavy atom. The summed E-state index contributed by atoms with van der Waals surface area (Å²) in [6.45, 7) is 9.90. The van der Waals surface area contributed by atoms with Crippen molar-refractivity contribution in [1.82, 2.24) is 19.8 Å². The van der Waals surface area contributed by atoms with Crippen molar-refractivity contribution in [2.24, 2.45) is 5.92 Å². The van der Waals surface area contributed by atoms with Crippen LogP contribution < -0.4 is 5.32 Å². The second kappa shape index (κ2) is 6.46. The Morgan fingerprint density at radius 2 is 1.95 bits per heavy atom. The van der Waals surface area contributed by atoms with Gasteiger partial charge in [-0.2, -0.15) is 9.40 Å². The summed E-state index contributed by atoms with van der Waals surface area (Å²) in [6, 6.07) is 0.475. The average molecular weight is 314 g/mol. The maximum absolute atomic E-state index is 12.7. The van der Waals surface area contributed by atoms with Crippen molar-refractivity contribution < 1.29 is 8.42 Å². The number of aryl methyl sites for hydroxylation is 2. The summed E-state index contributed by atoms with van der Waals surface area (Å²) in [5.41, 5.74) is 1.17. The molecule has 21 heavy (non-hydrogen) atoms. The number of rotatable bonds is 5. The first kappa shape index (κ1) is 16.5. The van der Waals surface area contributed by atoms with Gasteiger partial charge in [-0.3, -0.25) is 5.10 Å². The summed E-state index contributed by atoms with van der Waals surface area (Å²) < 4.78 is 27.0. The third-order valence-electron chi connectivity index (χ3n) is 4.05. The highest BCUT2D eigenvalue weighted by Gasteiger charge is 2.32. The zero-order valence-corrected chi connectivity index (χ0v) is 14.1. The molecule has 0 aromatic carbocycles. The molecule has 6 nitrogen and oxygen atoms in total. The van der Waals surface area contributed by atoms with E-state index in [-0.39, 0.29) is 0 Å². The third kappa shape index (κ3) is 3.64. The van der Waals surface area contributed by atoms with Crippen LogP contribution in [0.5, 0.6) is 0 Å². The van der Waals surface area contributed by atoms with Crippen LogP contribution in [0.3, 0.4) is 0 Å². The zero-order valence-electron chi connectivity index (χ0n) is 13.3. The second-order valence-corrected chi connectivity index (χ2v) is 8.05. The predicted molar refractivity (Wildman–Crippen MR) is 82.7 cm³/mol. The number of piperidine rings is 1. The van der Waals surface area contributed by atoms with Gasteiger partial charge >= 0.3 is 0 Å². The van der Waals surface area contributed by atoms with E-state index in [9.17, 15) is 8.42 Å². The smallest absolute Gasteiger partial charge is 0.246 e. The number of nitrogens with zero attached hydrogens (tertiary/aromatic N) is 2. The molecule has 1 aliphatic heterocycles. The predicted octanol–water partition coefficient (Wildman–Crippen LogP) is 1.43. The van der Waals surface area contributed by atoms with E-state index in [0.717, 1.165) is 19.4 Å². The molecular formula is C14H26N4O2S. The van der Waals surface area contributed by atoms with Crippen molar-refractivity contribution in [3.63, 3.8) is 0 Å². The molecule has 1 aromatic heterocycles. The van der Waals surface area contributed by atoms with Gasteiger partial charge in [-0.1, -0.05) is 13.8 Å². The van der Waals surface area contributed by atoms with Crippen molar-refractivity contribution >= 4 is 10.0 Å². The van der Waals surface area contributed by atoms with Crippen molar-refractivity contribution in [3.05, 3.63) is 11.4 Å². The van der Waals surface area contributed by atoms with Gasteiger partial charge in [-0.25, -0.2) is 8.42 Å². The van der Waals surface area contributed by atoms with Gasteiger partial charge in [-0.15, -0.1) is 0 Å². The van der Waals surface area contributed by atoms with Gasteiger partial charge in [0.2, 0.25) is 10.0 Å². The number of aromatic nitrogens is 2. The number of H-pyrrole nitrogens is 1. The Morgan fingerprint density at radius 3 is 2.43 bits per heavy atom. The normalized spacial score (nSPS) is 18.5. The lowest BCUT2D eigenvalue weighted by Crippen LogP contribution is -2.41. The molecule has 0 aliphatic carbocycles. The monoisotopic (exact) mass is 314 g/mol. The minimum atomic E-state index is -3.42. The lowest BCUT2D eigenvalue weighted by Gasteiger charge is -2.31. The van der Waals surface area contributed by atoms with Gasteiger partial charge in [0.15, 0.2) is 0 Å². The molecule has 0 unspecified atom stereocenters. The third-order valence-corrected chi connectivity index (χ3v) is 6.21. The van der Waals surface area contributed by atoms with Crippen LogP contribution in [0.25, 0.3) is 0 Å². The SMILES string of the molecule is Cc1n[nH]c(C)c1S(=O)(=O)N1CCC(CNC(C)C)CC1. The van der Waals surface area contributed by atoms with E-state index in [1.54, 1.807) is 18.2 Å². The Labute approximate surface area is 127 Å². The average Bonchev–Trinajstić information content (AvgIpc) is 2.77. The Hall–Kier alpha value is -0.920. The van der Waals surface area contributed by atoms with Gasteiger partial charge in [0, 0.05) is 19.1 Å². The molecule has 0 atom stereocenters. The van der Waals surface area contributed by atoms with Crippen LogP contribution in [0, 0.1) is 19.8 Å². The van der Waals surface area contributed by atoms with Crippen molar-refractivity contribution in [3.8, 4) is 0 Å². The lowest BCUT2D eigenvalue weighted by molar-refractivity contribution is 0.263. The second-order valence-electron chi connectivity index (χ2n) is 6.17. The van der Waals surface area contributed by atoms with Gasteiger partial charge < -0.3 is 5.32 Å². The van der Waals surface area contributed by atoms with E-state index < -0.39 is 10.0 Å². The summed E-state index contributed by atoms with van der Waals surface area (Å²) in [6.07, 6.45) is 1.82. The summed E-state index contributed by atoms with van der Waals surface area (Å²) >= 11 is 0. The van der Waals surface area contributed by atoms with Crippen LogP contribution in [-0.4, -0.2) is 48.6 Å². The van der Waals surface area contributed by atoms with E-state index in [1.807, 2.05) is 0 Å². The molecule has 0 amide bonds. The van der Waals surface area contributed by atoms with Crippen molar-refractivity contribution in [1.29, 1.82) is 0 Å². The first-order valence-electron chi connectivity index (χ1n) is 7.57. The topological polar surface area (TPSA) is 78.1 Å². The number of hydrogen-bond donors (Lipinski definition) is 2. The molecule has 2 rings (SSSR count). The molecule has 2 N–H and O–H groups in total. The molecule has 0 spiro atoms. The molecule has 0 bridgehead atoms. The molecule has 1 saturated heterocycles. The minimum Gasteiger partial charge on any atom is -0.314 e. The molecule has 1 aromatic rings. The van der Waals surface area contributed by atoms with E-state index in [2.05, 4.69) is 29.4 Å². The van der Waals surface area contributed by atoms with Crippen LogP contribution in [0.15, 0.2) is 4.90 Å². The maximum Gasteiger partial charge on any atom is 0.246 e. The quantitative estimate of drug-likeness (QED) is 0.862. The highest BCUT2D eigenvalue weighted by Crippen LogP contribution is 2.26. The molecule has 1 aliphatic rings. The fourth-order valence-electron chi connectivity index (χ4n) is 2.81. The largest absolute Gasteiger partial charge is 0.314 e. The van der Waals surface area contributed by atoms with Gasteiger partial charge in [-0.05, 0) is 39.2 Å². The van der Waals surface area contributed by atoms with E-state index >= 15 is 0 Å². The van der Waals surface area contributed by atoms with Crippen LogP contribution in [-0.2, 0) is 10.0 Å². The molecular weight excluding hydrogens is 288 g/mol. The number of nitrogens with one attached hydrogen (secondary N) is 2. The summed E-state index contributed by atoms with van der Waals surface area (Å²) in [5, 5.41) is 10.2. The number of aromatic amines is 1. The maximum atomic E-state index is 12.7. The van der Waals surface area contributed by atoms with Gasteiger partial charge in [0.1, 0.15) is 4.90 Å². The first-order chi connectivity index (χ1) is 9.82. The van der Waals surface area contributed by atoms with Gasteiger partial charge in [0.05, 0.1) is 11.4 Å². The standard InChI is InChI=1S/C14H26N4O2S/c1-10(2)15-9-13-5-7-18(8-6-13)21(19,20)14-11(3)16-17-12(14)4/h10,13,15H,5-9H2,1-4H3,(H,16,17). The zero-order chi connectivity index (χ0) is 15.6. The summed E-state index contributed by atoms with van der Waals surface area (Å²) in [4.78, 5) is 0.348. The van der Waals surface area contributed by atoms with Gasteiger partial charge in [0.25, 0.3) is 0 Å². The van der Waals surface area contributed by atoms with Crippen LogP contribution in [0.4, 0.5) is 0 Å². The fourth-order valence-corrected chi connectivity index (χ4v) is 4.61. The van der Waals surface area contributed by atoms with E-state index in [4.69, 9.17) is 0 Å². The molecule has 7 heteroatoms. The Kier molecular flexibility index (Phi) is 5.06. The first-order valence-corrected chi connectivity index (χ1v) is 9.01. The Balaban J connectivity index is 2.02. The molecule has 0 radical (unpaired) electrons. The van der Waals surface area contributed by atoms with Crippen LogP contribution in [0.1, 0.15) is 38.1 Å². The highest BCUT2D eigenvalue weighted by atomic mass is 32.2. The fraction of sp³-hybridized carbons (Fsp3) is 0.786. The summed E-state index contributed by atoms with van der Waals surface area (Å²) in [7, 11) is -3.42. The van der Waals surface area contributed by atoms with Crippen molar-refractivity contribution in [2.45, 2.75) is 51.5 Å². The molecule has 1 fully saturated rings. The van der Waals surface area contributed by atoms with Crippen LogP contribution in [0.2, 0.25) is 0 Å². The van der Waals surface area contributed by atoms with E-state index in [1.165, 1.54) is 0 Å². The lowest BCUT2D eigenvalue weighted by atomic mass is 9.98. The van der Waals surface area contributed by atoms with Crippen molar-refractivity contribution in [2.75, 3.05) is 19.6 Å². The molecule has 120 valence electrons. The highest BCUT2D eigenvalue weighted by molar-refractivity contribution is 7.89. The van der Waals surface area contributed by atoms with Crippen LogP contribution >= 0.6 is 0 Å². The summed E-state index contributed by atoms with van der Waals surface area (Å²) in [5.74, 6) is 0.561. The van der Waals surface area contributed by atoms with E-state index in [0.29, 0.717) is 41.3 Å². The number of hydrogen-bond acceptors (Lipinski definition) is 4. The minimum absolute atomic E-state index is 0.348. The molecule has 0 saturated carbocycles. The molecule has 2 heterocycles. The Bertz CT molecular complexity index is 552. The number of sulfonamides is 1.